The van der Waals surface area contributed by atoms with Crippen molar-refractivity contribution in [3.8, 4) is 0 Å². The standard InChI is InChI=1S/C19H23FN4O4S2/c1-11-13(10-16(28-11)30(26,27)24(3)4)17(25)22-12-5-6-15(20)14(9-12)19(2)7-8-29-18(21)23-19/h5-6,9-10H,7-8H2,1-4H3,(H2,21,23)(H,22,25). The Hall–Kier alpha value is -2.37. The van der Waals surface area contributed by atoms with E-state index < -0.39 is 27.3 Å². The number of amides is 1. The third-order valence-corrected chi connectivity index (χ3v) is 7.34. The number of benzene rings is 1. The van der Waals surface area contributed by atoms with Crippen molar-refractivity contribution in [2.75, 3.05) is 25.2 Å². The SMILES string of the molecule is Cc1oc(S(=O)(=O)N(C)C)cc1C(=O)Nc1ccc(F)c(C2(C)CCSC(N)=N2)c1. The summed E-state index contributed by atoms with van der Waals surface area (Å²) in [6.45, 7) is 3.29. The number of sulfonamides is 1. The second-order valence-corrected chi connectivity index (χ2v) is 10.5. The molecule has 0 fully saturated rings. The van der Waals surface area contributed by atoms with E-state index >= 15 is 0 Å². The minimum absolute atomic E-state index is 0.0730. The van der Waals surface area contributed by atoms with Crippen LogP contribution < -0.4 is 11.1 Å². The van der Waals surface area contributed by atoms with Gasteiger partial charge in [-0.25, -0.2) is 17.1 Å². The van der Waals surface area contributed by atoms with Gasteiger partial charge in [-0.2, -0.15) is 0 Å². The monoisotopic (exact) mass is 454 g/mol. The molecule has 1 aliphatic heterocycles. The van der Waals surface area contributed by atoms with Crippen molar-refractivity contribution in [1.82, 2.24) is 4.31 Å². The minimum atomic E-state index is -3.82. The first kappa shape index (κ1) is 22.3. The number of hydrogen-bond acceptors (Lipinski definition) is 7. The quantitative estimate of drug-likeness (QED) is 0.717. The van der Waals surface area contributed by atoms with Gasteiger partial charge in [0, 0.05) is 37.2 Å². The number of anilines is 1. The van der Waals surface area contributed by atoms with Crippen molar-refractivity contribution in [3.05, 3.63) is 47.0 Å². The van der Waals surface area contributed by atoms with Crippen molar-refractivity contribution < 1.29 is 22.0 Å². The van der Waals surface area contributed by atoms with Gasteiger partial charge in [0.25, 0.3) is 15.9 Å². The maximum Gasteiger partial charge on any atom is 0.275 e. The fraction of sp³-hybridized carbons (Fsp3) is 0.368. The summed E-state index contributed by atoms with van der Waals surface area (Å²) in [5, 5.41) is 2.73. The van der Waals surface area contributed by atoms with Crippen LogP contribution in [0.15, 0.2) is 38.8 Å². The van der Waals surface area contributed by atoms with E-state index in [-0.39, 0.29) is 16.4 Å². The molecule has 30 heavy (non-hydrogen) atoms. The lowest BCUT2D eigenvalue weighted by Crippen LogP contribution is -2.29. The Morgan fingerprint density at radius 3 is 2.70 bits per heavy atom. The van der Waals surface area contributed by atoms with Crippen LogP contribution >= 0.6 is 11.8 Å². The summed E-state index contributed by atoms with van der Waals surface area (Å²) in [7, 11) is -1.08. The molecule has 0 bridgehead atoms. The lowest BCUT2D eigenvalue weighted by Gasteiger charge is -2.30. The lowest BCUT2D eigenvalue weighted by atomic mass is 9.89. The number of nitrogens with one attached hydrogen (secondary N) is 1. The topological polar surface area (TPSA) is 118 Å². The van der Waals surface area contributed by atoms with Crippen LogP contribution in [-0.2, 0) is 15.6 Å². The fourth-order valence-electron chi connectivity index (χ4n) is 3.08. The Morgan fingerprint density at radius 2 is 2.07 bits per heavy atom. The third kappa shape index (κ3) is 4.23. The Kier molecular flexibility index (Phi) is 5.99. The van der Waals surface area contributed by atoms with Crippen LogP contribution in [-0.4, -0.2) is 43.6 Å². The smallest absolute Gasteiger partial charge is 0.275 e. The van der Waals surface area contributed by atoms with Crippen LogP contribution in [0.3, 0.4) is 0 Å². The number of furan rings is 1. The highest BCUT2D eigenvalue weighted by molar-refractivity contribution is 8.13. The average Bonchev–Trinajstić information content (AvgIpc) is 3.05. The van der Waals surface area contributed by atoms with E-state index in [0.717, 1.165) is 4.31 Å². The van der Waals surface area contributed by atoms with Gasteiger partial charge in [0.2, 0.25) is 5.09 Å². The van der Waals surface area contributed by atoms with Gasteiger partial charge in [0.05, 0.1) is 11.1 Å². The molecule has 2 aromatic rings. The second kappa shape index (κ2) is 8.05. The predicted molar refractivity (Wildman–Crippen MR) is 115 cm³/mol. The molecule has 8 nitrogen and oxygen atoms in total. The maximum atomic E-state index is 14.5. The second-order valence-electron chi connectivity index (χ2n) is 7.29. The molecule has 3 rings (SSSR count). The molecule has 162 valence electrons. The molecule has 1 aliphatic rings. The third-order valence-electron chi connectivity index (χ3n) is 4.87. The molecule has 1 aromatic carbocycles. The van der Waals surface area contributed by atoms with Gasteiger partial charge in [-0.05, 0) is 38.5 Å². The van der Waals surface area contributed by atoms with Gasteiger partial charge in [0.1, 0.15) is 11.6 Å². The number of amidine groups is 1. The van der Waals surface area contributed by atoms with Gasteiger partial charge in [0.15, 0.2) is 5.17 Å². The summed E-state index contributed by atoms with van der Waals surface area (Å²) < 4.78 is 45.3. The first-order valence-electron chi connectivity index (χ1n) is 9.06. The molecule has 1 atom stereocenters. The first-order valence-corrected chi connectivity index (χ1v) is 11.5. The number of hydrogen-bond donors (Lipinski definition) is 2. The number of nitrogens with two attached hydrogens (primary N) is 1. The minimum Gasteiger partial charge on any atom is -0.448 e. The van der Waals surface area contributed by atoms with Gasteiger partial charge in [-0.3, -0.25) is 9.79 Å². The van der Waals surface area contributed by atoms with E-state index in [4.69, 9.17) is 10.2 Å². The first-order chi connectivity index (χ1) is 13.9. The molecule has 0 aliphatic carbocycles. The van der Waals surface area contributed by atoms with Crippen LogP contribution in [0.2, 0.25) is 0 Å². The number of nitrogens with zero attached hydrogens (tertiary/aromatic N) is 2. The Bertz CT molecular complexity index is 1130. The van der Waals surface area contributed by atoms with Gasteiger partial charge in [-0.15, -0.1) is 0 Å². The van der Waals surface area contributed by atoms with Crippen molar-refractivity contribution >= 4 is 38.5 Å². The summed E-state index contributed by atoms with van der Waals surface area (Å²) in [5.74, 6) is -0.151. The molecule has 1 aromatic heterocycles. The summed E-state index contributed by atoms with van der Waals surface area (Å²) in [6.07, 6.45) is 0.597. The van der Waals surface area contributed by atoms with E-state index in [2.05, 4.69) is 10.3 Å². The Balaban J connectivity index is 1.90. The molecule has 3 N–H and O–H groups in total. The zero-order valence-electron chi connectivity index (χ0n) is 17.0. The predicted octanol–water partition coefficient (Wildman–Crippen LogP) is 2.90. The van der Waals surface area contributed by atoms with Crippen LogP contribution in [0.1, 0.15) is 35.0 Å². The maximum absolute atomic E-state index is 14.5. The molecule has 11 heteroatoms. The highest BCUT2D eigenvalue weighted by atomic mass is 32.2. The highest BCUT2D eigenvalue weighted by Gasteiger charge is 2.32. The van der Waals surface area contributed by atoms with Gasteiger partial charge in [-0.1, -0.05) is 11.8 Å². The molecule has 1 unspecified atom stereocenters. The molecule has 0 saturated heterocycles. The largest absolute Gasteiger partial charge is 0.448 e. The number of halogens is 1. The van der Waals surface area contributed by atoms with Crippen LogP contribution in [0.25, 0.3) is 0 Å². The van der Waals surface area contributed by atoms with Crippen molar-refractivity contribution in [2.45, 2.75) is 30.9 Å². The fourth-order valence-corrected chi connectivity index (χ4v) is 4.91. The number of aliphatic imine (C=N–C) groups is 1. The number of carbonyl (C=O) groups is 1. The van der Waals surface area contributed by atoms with E-state index in [9.17, 15) is 17.6 Å². The highest BCUT2D eigenvalue weighted by Crippen LogP contribution is 2.37. The summed E-state index contributed by atoms with van der Waals surface area (Å²) in [6, 6.07) is 5.38. The lowest BCUT2D eigenvalue weighted by molar-refractivity contribution is 0.102. The van der Waals surface area contributed by atoms with Gasteiger partial charge >= 0.3 is 0 Å². The molecular formula is C19H23FN4O4S2. The van der Waals surface area contributed by atoms with Crippen LogP contribution in [0.4, 0.5) is 10.1 Å². The summed E-state index contributed by atoms with van der Waals surface area (Å²) in [5.41, 5.74) is 5.74. The zero-order chi connectivity index (χ0) is 22.3. The van der Waals surface area contributed by atoms with E-state index in [0.29, 0.717) is 28.6 Å². The van der Waals surface area contributed by atoms with Crippen molar-refractivity contribution in [3.63, 3.8) is 0 Å². The molecular weight excluding hydrogens is 431 g/mol. The molecule has 2 heterocycles. The number of thioether (sulfide) groups is 1. The summed E-state index contributed by atoms with van der Waals surface area (Å²) in [4.78, 5) is 17.1. The molecule has 0 saturated carbocycles. The Labute approximate surface area is 178 Å². The van der Waals surface area contributed by atoms with E-state index in [1.807, 2.05) is 0 Å². The normalized spacial score (nSPS) is 19.6. The molecule has 0 spiro atoms. The van der Waals surface area contributed by atoms with Gasteiger partial charge < -0.3 is 15.5 Å². The summed E-state index contributed by atoms with van der Waals surface area (Å²) >= 11 is 1.41. The average molecular weight is 455 g/mol. The van der Waals surface area contributed by atoms with E-state index in [1.165, 1.54) is 57.0 Å². The zero-order valence-corrected chi connectivity index (χ0v) is 18.7. The Morgan fingerprint density at radius 1 is 1.37 bits per heavy atom. The number of aryl methyl sites for hydroxylation is 1. The molecule has 1 amide bonds. The van der Waals surface area contributed by atoms with Crippen LogP contribution in [0, 0.1) is 12.7 Å². The number of carbonyl (C=O) groups excluding carboxylic acids is 1. The molecule has 0 radical (unpaired) electrons. The van der Waals surface area contributed by atoms with Crippen molar-refractivity contribution in [2.24, 2.45) is 10.7 Å². The number of rotatable bonds is 5. The van der Waals surface area contributed by atoms with E-state index in [1.54, 1.807) is 6.92 Å². The van der Waals surface area contributed by atoms with Crippen LogP contribution in [0.5, 0.6) is 0 Å². The van der Waals surface area contributed by atoms with Crippen molar-refractivity contribution in [1.29, 1.82) is 0 Å².